The van der Waals surface area contributed by atoms with E-state index in [2.05, 4.69) is 0 Å². The van der Waals surface area contributed by atoms with Crippen molar-refractivity contribution >= 4 is 5.97 Å². The van der Waals surface area contributed by atoms with Crippen molar-refractivity contribution in [2.45, 2.75) is 58.5 Å². The van der Waals surface area contributed by atoms with Crippen LogP contribution in [0.5, 0.6) is 0 Å². The first-order valence-corrected chi connectivity index (χ1v) is 5.87. The summed E-state index contributed by atoms with van der Waals surface area (Å²) in [6.07, 6.45) is 5.70. The molecule has 3 nitrogen and oxygen atoms in total. The van der Waals surface area contributed by atoms with Gasteiger partial charge in [-0.25, -0.2) is 4.79 Å². The summed E-state index contributed by atoms with van der Waals surface area (Å²) in [6.45, 7) is 3.75. The average molecular weight is 214 g/mol. The molecule has 0 aliphatic heterocycles. The van der Waals surface area contributed by atoms with E-state index in [0.717, 1.165) is 12.8 Å². The van der Waals surface area contributed by atoms with E-state index in [4.69, 9.17) is 5.11 Å². The van der Waals surface area contributed by atoms with Crippen LogP contribution in [0.1, 0.15) is 52.4 Å². The molecule has 0 amide bonds. The fourth-order valence-corrected chi connectivity index (χ4v) is 2.56. The second-order valence-corrected chi connectivity index (χ2v) is 5.25. The smallest absolute Gasteiger partial charge is 0.333 e. The van der Waals surface area contributed by atoms with Gasteiger partial charge in [-0.05, 0) is 18.8 Å². The normalized spacial score (nSPS) is 22.1. The summed E-state index contributed by atoms with van der Waals surface area (Å²) in [5.41, 5.74) is -0.504. The third-order valence-electron chi connectivity index (χ3n) is 3.85. The van der Waals surface area contributed by atoms with E-state index < -0.39 is 17.5 Å². The summed E-state index contributed by atoms with van der Waals surface area (Å²) in [6, 6.07) is 0. The molecule has 1 saturated carbocycles. The number of hydrogen-bond donors (Lipinski definition) is 2. The third-order valence-corrected chi connectivity index (χ3v) is 3.85. The fourth-order valence-electron chi connectivity index (χ4n) is 2.56. The third kappa shape index (κ3) is 2.94. The highest BCUT2D eigenvalue weighted by Crippen LogP contribution is 2.39. The minimum Gasteiger partial charge on any atom is -0.479 e. The molecule has 0 aromatic rings. The van der Waals surface area contributed by atoms with Crippen LogP contribution in [0.3, 0.4) is 0 Å². The van der Waals surface area contributed by atoms with Crippen LogP contribution in [-0.4, -0.2) is 22.3 Å². The molecule has 3 heteroatoms. The molecule has 88 valence electrons. The summed E-state index contributed by atoms with van der Waals surface area (Å²) in [5.74, 6) is -0.754. The largest absolute Gasteiger partial charge is 0.479 e. The van der Waals surface area contributed by atoms with Crippen LogP contribution in [0.15, 0.2) is 0 Å². The van der Waals surface area contributed by atoms with Crippen molar-refractivity contribution in [3.05, 3.63) is 0 Å². The summed E-state index contributed by atoms with van der Waals surface area (Å²) < 4.78 is 0. The number of aliphatic hydroxyl groups is 1. The van der Waals surface area contributed by atoms with Gasteiger partial charge in [0.15, 0.2) is 6.10 Å². The monoisotopic (exact) mass is 214 g/mol. The highest BCUT2D eigenvalue weighted by molar-refractivity contribution is 5.73. The SMILES string of the molecule is CC(C)(C1CCCCCC1)C(O)C(=O)O. The molecule has 1 atom stereocenters. The lowest BCUT2D eigenvalue weighted by molar-refractivity contribution is -0.156. The van der Waals surface area contributed by atoms with Gasteiger partial charge in [0.1, 0.15) is 0 Å². The Bertz CT molecular complexity index is 215. The molecule has 2 N–H and O–H groups in total. The Hall–Kier alpha value is -0.570. The van der Waals surface area contributed by atoms with Crippen LogP contribution in [0.25, 0.3) is 0 Å². The van der Waals surface area contributed by atoms with E-state index >= 15 is 0 Å². The van der Waals surface area contributed by atoms with Gasteiger partial charge in [0.2, 0.25) is 0 Å². The van der Waals surface area contributed by atoms with Crippen LogP contribution >= 0.6 is 0 Å². The van der Waals surface area contributed by atoms with Crippen molar-refractivity contribution < 1.29 is 15.0 Å². The van der Waals surface area contributed by atoms with Crippen molar-refractivity contribution in [3.63, 3.8) is 0 Å². The van der Waals surface area contributed by atoms with E-state index in [-0.39, 0.29) is 0 Å². The molecule has 15 heavy (non-hydrogen) atoms. The number of carboxylic acids is 1. The van der Waals surface area contributed by atoms with Crippen molar-refractivity contribution in [2.75, 3.05) is 0 Å². The van der Waals surface area contributed by atoms with E-state index in [9.17, 15) is 9.90 Å². The highest BCUT2D eigenvalue weighted by Gasteiger charge is 2.40. The Labute approximate surface area is 91.5 Å². The summed E-state index contributed by atoms with van der Waals surface area (Å²) in [4.78, 5) is 10.8. The molecule has 0 aromatic carbocycles. The van der Waals surface area contributed by atoms with Crippen LogP contribution in [0.2, 0.25) is 0 Å². The minimum atomic E-state index is -1.24. The van der Waals surface area contributed by atoms with E-state index in [1.165, 1.54) is 25.7 Å². The summed E-state index contributed by atoms with van der Waals surface area (Å²) in [5, 5.41) is 18.6. The van der Waals surface area contributed by atoms with E-state index in [1.807, 2.05) is 13.8 Å². The van der Waals surface area contributed by atoms with Crippen LogP contribution in [-0.2, 0) is 4.79 Å². The fraction of sp³-hybridized carbons (Fsp3) is 0.917. The average Bonchev–Trinajstić information content (AvgIpc) is 2.44. The maximum absolute atomic E-state index is 10.8. The first-order chi connectivity index (χ1) is 6.96. The Morgan fingerprint density at radius 2 is 1.67 bits per heavy atom. The van der Waals surface area contributed by atoms with E-state index in [0.29, 0.717) is 5.92 Å². The molecule has 1 unspecified atom stereocenters. The lowest BCUT2D eigenvalue weighted by Crippen LogP contribution is -2.41. The van der Waals surface area contributed by atoms with Crippen molar-refractivity contribution in [3.8, 4) is 0 Å². The molecule has 1 fully saturated rings. The van der Waals surface area contributed by atoms with Gasteiger partial charge in [-0.15, -0.1) is 0 Å². The number of hydrogen-bond acceptors (Lipinski definition) is 2. The number of aliphatic carboxylic acids is 1. The van der Waals surface area contributed by atoms with Gasteiger partial charge in [-0.3, -0.25) is 0 Å². The minimum absolute atomic E-state index is 0.339. The van der Waals surface area contributed by atoms with Gasteiger partial charge < -0.3 is 10.2 Å². The van der Waals surface area contributed by atoms with Crippen molar-refractivity contribution in [2.24, 2.45) is 11.3 Å². The van der Waals surface area contributed by atoms with Crippen LogP contribution in [0.4, 0.5) is 0 Å². The predicted molar refractivity (Wildman–Crippen MR) is 58.6 cm³/mol. The zero-order valence-corrected chi connectivity index (χ0v) is 9.70. The molecule has 0 aromatic heterocycles. The molecule has 1 aliphatic carbocycles. The van der Waals surface area contributed by atoms with Gasteiger partial charge >= 0.3 is 5.97 Å². The molecule has 0 bridgehead atoms. The van der Waals surface area contributed by atoms with Crippen molar-refractivity contribution in [1.82, 2.24) is 0 Å². The number of carbonyl (C=O) groups is 1. The lowest BCUT2D eigenvalue weighted by atomic mass is 9.71. The molecule has 1 rings (SSSR count). The summed E-state index contributed by atoms with van der Waals surface area (Å²) in [7, 11) is 0. The molecular weight excluding hydrogens is 192 g/mol. The van der Waals surface area contributed by atoms with Crippen LogP contribution < -0.4 is 0 Å². The second-order valence-electron chi connectivity index (χ2n) is 5.25. The zero-order chi connectivity index (χ0) is 11.5. The molecule has 0 heterocycles. The number of rotatable bonds is 3. The van der Waals surface area contributed by atoms with Gasteiger partial charge in [-0.2, -0.15) is 0 Å². The molecule has 1 aliphatic rings. The van der Waals surface area contributed by atoms with E-state index in [1.54, 1.807) is 0 Å². The molecule has 0 spiro atoms. The maximum Gasteiger partial charge on any atom is 0.333 e. The van der Waals surface area contributed by atoms with Gasteiger partial charge in [0.05, 0.1) is 0 Å². The number of aliphatic hydroxyl groups excluding tert-OH is 1. The Morgan fingerprint density at radius 3 is 2.07 bits per heavy atom. The lowest BCUT2D eigenvalue weighted by Gasteiger charge is -2.36. The van der Waals surface area contributed by atoms with Gasteiger partial charge in [-0.1, -0.05) is 39.5 Å². The first kappa shape index (κ1) is 12.5. The zero-order valence-electron chi connectivity index (χ0n) is 9.70. The van der Waals surface area contributed by atoms with Gasteiger partial charge in [0, 0.05) is 5.41 Å². The quantitative estimate of drug-likeness (QED) is 0.709. The Kier molecular flexibility index (Phi) is 4.14. The van der Waals surface area contributed by atoms with Gasteiger partial charge in [0.25, 0.3) is 0 Å². The molecule has 0 radical (unpaired) electrons. The number of carboxylic acid groups (broad SMARTS) is 1. The topological polar surface area (TPSA) is 57.5 Å². The first-order valence-electron chi connectivity index (χ1n) is 5.87. The van der Waals surface area contributed by atoms with Crippen molar-refractivity contribution in [1.29, 1.82) is 0 Å². The Morgan fingerprint density at radius 1 is 1.20 bits per heavy atom. The Balaban J connectivity index is 2.69. The maximum atomic E-state index is 10.8. The molecule has 0 saturated heterocycles. The predicted octanol–water partition coefficient (Wildman–Crippen LogP) is 2.43. The second kappa shape index (κ2) is 4.97. The molecular formula is C12H22O3. The van der Waals surface area contributed by atoms with Crippen LogP contribution in [0, 0.1) is 11.3 Å². The summed E-state index contributed by atoms with van der Waals surface area (Å²) >= 11 is 0. The highest BCUT2D eigenvalue weighted by atomic mass is 16.4. The standard InChI is InChI=1S/C12H22O3/c1-12(2,10(13)11(14)15)9-7-5-3-4-6-8-9/h9-10,13H,3-8H2,1-2H3,(H,14,15).